The molecule has 156 valence electrons. The van der Waals surface area contributed by atoms with Gasteiger partial charge in [0.1, 0.15) is 5.69 Å². The molecule has 0 atom stereocenters. The van der Waals surface area contributed by atoms with Crippen molar-refractivity contribution >= 4 is 41.0 Å². The number of carbonyl (C=O) groups excluding carboxylic acids is 2. The number of carbonyl (C=O) groups is 2. The van der Waals surface area contributed by atoms with Gasteiger partial charge in [0, 0.05) is 19.3 Å². The van der Waals surface area contributed by atoms with Gasteiger partial charge in [-0.1, -0.05) is 17.7 Å². The Hall–Kier alpha value is -3.47. The Morgan fingerprint density at radius 1 is 1.17 bits per heavy atom. The Morgan fingerprint density at radius 2 is 1.93 bits per heavy atom. The molecule has 30 heavy (non-hydrogen) atoms. The number of nitrogens with zero attached hydrogens (tertiary/aromatic N) is 5. The van der Waals surface area contributed by atoms with Crippen LogP contribution in [0, 0.1) is 0 Å². The number of piperidine rings is 1. The van der Waals surface area contributed by atoms with Crippen molar-refractivity contribution in [3.8, 4) is 0 Å². The van der Waals surface area contributed by atoms with E-state index in [1.807, 2.05) is 0 Å². The number of aliphatic imine (C=N–C) groups is 1. The van der Waals surface area contributed by atoms with Crippen molar-refractivity contribution in [1.29, 1.82) is 0 Å². The van der Waals surface area contributed by atoms with Gasteiger partial charge in [0.25, 0.3) is 11.8 Å². The molecule has 12 heteroatoms. The highest BCUT2D eigenvalue weighted by Crippen LogP contribution is 2.26. The summed E-state index contributed by atoms with van der Waals surface area (Å²) in [6, 6.07) is 5.27. The van der Waals surface area contributed by atoms with Crippen LogP contribution >= 0.6 is 11.6 Å². The van der Waals surface area contributed by atoms with Crippen LogP contribution in [-0.2, 0) is 0 Å². The molecule has 2 aromatic rings. The molecule has 2 aliphatic rings. The molecule has 11 nitrogen and oxygen atoms in total. The summed E-state index contributed by atoms with van der Waals surface area (Å²) in [5.41, 5.74) is 11.2. The van der Waals surface area contributed by atoms with Gasteiger partial charge >= 0.3 is 0 Å². The maximum Gasteiger partial charge on any atom is 0.280 e. The van der Waals surface area contributed by atoms with Crippen molar-refractivity contribution in [3.63, 3.8) is 0 Å². The maximum absolute atomic E-state index is 12.6. The number of nitrogen functional groups attached to an aromatic ring is 2. The zero-order chi connectivity index (χ0) is 21.3. The number of hydrogen-bond acceptors (Lipinski definition) is 9. The molecule has 2 amide bonds. The summed E-state index contributed by atoms with van der Waals surface area (Å²) in [5.74, 6) is -0.532. The van der Waals surface area contributed by atoms with E-state index in [1.165, 1.54) is 0 Å². The normalized spacial score (nSPS) is 17.4. The van der Waals surface area contributed by atoms with Crippen LogP contribution in [0.4, 0.5) is 11.6 Å². The second-order valence-electron chi connectivity index (χ2n) is 7.16. The predicted molar refractivity (Wildman–Crippen MR) is 111 cm³/mol. The number of nitrogens with two attached hydrogens (primary N) is 2. The van der Waals surface area contributed by atoms with Crippen molar-refractivity contribution in [2.24, 2.45) is 4.99 Å². The van der Waals surface area contributed by atoms with E-state index in [9.17, 15) is 9.59 Å². The molecule has 0 aliphatic carbocycles. The maximum atomic E-state index is 12.6. The second-order valence-corrected chi connectivity index (χ2v) is 7.52. The number of nitrogens with one attached hydrogen (secondary N) is 2. The van der Waals surface area contributed by atoms with Gasteiger partial charge in [-0.15, -0.1) is 0 Å². The Morgan fingerprint density at radius 3 is 2.63 bits per heavy atom. The molecule has 6 N–H and O–H groups in total. The monoisotopic (exact) mass is 429 g/mol. The predicted octanol–water partition coefficient (Wildman–Crippen LogP) is 0.0534. The van der Waals surface area contributed by atoms with Gasteiger partial charge in [-0.25, -0.2) is 9.97 Å². The first kappa shape index (κ1) is 19.8. The van der Waals surface area contributed by atoms with Crippen LogP contribution in [0.5, 0.6) is 0 Å². The highest BCUT2D eigenvalue weighted by molar-refractivity contribution is 6.31. The molecule has 0 unspecified atom stereocenters. The molecule has 0 bridgehead atoms. The Balaban J connectivity index is 1.35. The molecular formula is C18H20ClN9O2. The first-order valence-electron chi connectivity index (χ1n) is 9.30. The lowest BCUT2D eigenvalue weighted by atomic mass is 9.88. The fraction of sp³-hybridized carbons (Fsp3) is 0.333. The van der Waals surface area contributed by atoms with Crippen LogP contribution in [-0.4, -0.2) is 62.8 Å². The molecule has 4 heterocycles. The lowest BCUT2D eigenvalue weighted by Crippen LogP contribution is -2.57. The van der Waals surface area contributed by atoms with Crippen LogP contribution in [0.25, 0.3) is 0 Å². The third kappa shape index (κ3) is 3.83. The number of halogens is 1. The second kappa shape index (κ2) is 7.75. The van der Waals surface area contributed by atoms with Crippen molar-refractivity contribution in [3.05, 3.63) is 40.9 Å². The minimum Gasteiger partial charge on any atom is -0.382 e. The number of likely N-dealkylation sites (tertiary alicyclic amines) is 1. The van der Waals surface area contributed by atoms with E-state index < -0.39 is 5.91 Å². The molecule has 1 saturated heterocycles. The molecular weight excluding hydrogens is 410 g/mol. The Bertz CT molecular complexity index is 1020. The summed E-state index contributed by atoms with van der Waals surface area (Å²) in [7, 11) is 0. The molecule has 2 aromatic heterocycles. The summed E-state index contributed by atoms with van der Waals surface area (Å²) in [6.45, 7) is 1.61. The number of aromatic nitrogens is 3. The molecule has 0 radical (unpaired) electrons. The van der Waals surface area contributed by atoms with Crippen molar-refractivity contribution < 1.29 is 9.59 Å². The molecule has 1 fully saturated rings. The zero-order valence-electron chi connectivity index (χ0n) is 15.9. The standard InChI is InChI=1S/C18H20ClN9O2/c19-12-14(21)25-13(20)11(24-12)15(29)26-17-23-9-18(27-17)4-7-28(8-5-18)16(30)10-3-1-2-6-22-10/h1-3,6H,4-5,7-9H2,(H4,20,21,25)(H2,23,26,27,29). The number of hydrogen-bond donors (Lipinski definition) is 4. The minimum atomic E-state index is -0.590. The first-order valence-corrected chi connectivity index (χ1v) is 9.67. The average Bonchev–Trinajstić information content (AvgIpc) is 3.13. The van der Waals surface area contributed by atoms with E-state index in [2.05, 4.69) is 30.6 Å². The van der Waals surface area contributed by atoms with Crippen LogP contribution < -0.4 is 22.1 Å². The van der Waals surface area contributed by atoms with Gasteiger partial charge < -0.3 is 21.7 Å². The topological polar surface area (TPSA) is 165 Å². The van der Waals surface area contributed by atoms with Crippen LogP contribution in [0.1, 0.15) is 33.8 Å². The molecule has 0 aromatic carbocycles. The highest BCUT2D eigenvalue weighted by atomic mass is 35.5. The third-order valence-corrected chi connectivity index (χ3v) is 5.45. The van der Waals surface area contributed by atoms with Gasteiger partial charge in [-0.2, -0.15) is 0 Å². The zero-order valence-corrected chi connectivity index (χ0v) is 16.7. The fourth-order valence-electron chi connectivity index (χ4n) is 3.48. The summed E-state index contributed by atoms with van der Waals surface area (Å²) in [4.78, 5) is 43.0. The van der Waals surface area contributed by atoms with Crippen molar-refractivity contribution in [2.45, 2.75) is 18.4 Å². The highest BCUT2D eigenvalue weighted by Gasteiger charge is 2.40. The van der Waals surface area contributed by atoms with E-state index >= 15 is 0 Å². The third-order valence-electron chi connectivity index (χ3n) is 5.17. The number of amides is 2. The Labute approximate surface area is 176 Å². The number of pyridine rings is 1. The largest absolute Gasteiger partial charge is 0.382 e. The minimum absolute atomic E-state index is 0.0481. The fourth-order valence-corrected chi connectivity index (χ4v) is 3.61. The SMILES string of the molecule is Nc1nc(N)c(C(=O)NC2=NCC3(CCN(C(=O)c4ccccn4)CC3)N2)nc1Cl. The molecule has 1 spiro atoms. The number of guanidine groups is 1. The summed E-state index contributed by atoms with van der Waals surface area (Å²) in [6.07, 6.45) is 2.97. The molecule has 0 saturated carbocycles. The molecule has 4 rings (SSSR count). The lowest BCUT2D eigenvalue weighted by Gasteiger charge is -2.39. The van der Waals surface area contributed by atoms with Crippen LogP contribution in [0.2, 0.25) is 5.15 Å². The lowest BCUT2D eigenvalue weighted by molar-refractivity contribution is 0.0662. The van der Waals surface area contributed by atoms with Gasteiger partial charge in [0.15, 0.2) is 28.4 Å². The van der Waals surface area contributed by atoms with E-state index in [-0.39, 0.29) is 33.9 Å². The van der Waals surface area contributed by atoms with E-state index in [1.54, 1.807) is 29.3 Å². The Kier molecular flexibility index (Phi) is 5.12. The van der Waals surface area contributed by atoms with Crippen LogP contribution in [0.3, 0.4) is 0 Å². The van der Waals surface area contributed by atoms with Crippen LogP contribution in [0.15, 0.2) is 29.4 Å². The van der Waals surface area contributed by atoms with Gasteiger partial charge in [0.2, 0.25) is 0 Å². The van der Waals surface area contributed by atoms with Crippen molar-refractivity contribution in [1.82, 2.24) is 30.5 Å². The van der Waals surface area contributed by atoms with Gasteiger partial charge in [0.05, 0.1) is 12.1 Å². The smallest absolute Gasteiger partial charge is 0.280 e. The van der Waals surface area contributed by atoms with E-state index in [4.69, 9.17) is 23.1 Å². The average molecular weight is 430 g/mol. The van der Waals surface area contributed by atoms with Gasteiger partial charge in [-0.3, -0.25) is 24.9 Å². The molecule has 2 aliphatic heterocycles. The summed E-state index contributed by atoms with van der Waals surface area (Å²) >= 11 is 5.83. The summed E-state index contributed by atoms with van der Waals surface area (Å²) < 4.78 is 0. The number of anilines is 2. The van der Waals surface area contributed by atoms with Gasteiger partial charge in [-0.05, 0) is 25.0 Å². The number of rotatable bonds is 2. The van der Waals surface area contributed by atoms with E-state index in [0.29, 0.717) is 44.1 Å². The summed E-state index contributed by atoms with van der Waals surface area (Å²) in [5, 5.41) is 5.81. The first-order chi connectivity index (χ1) is 14.4. The van der Waals surface area contributed by atoms with E-state index in [0.717, 1.165) is 0 Å². The quantitative estimate of drug-likeness (QED) is 0.520. The van der Waals surface area contributed by atoms with Crippen molar-refractivity contribution in [2.75, 3.05) is 31.1 Å².